The first-order chi connectivity index (χ1) is 11.4. The van der Waals surface area contributed by atoms with Crippen LogP contribution in [0.25, 0.3) is 0 Å². The minimum Gasteiger partial charge on any atom is -0.496 e. The van der Waals surface area contributed by atoms with E-state index < -0.39 is 10.0 Å². The molecule has 0 fully saturated rings. The largest absolute Gasteiger partial charge is 0.496 e. The van der Waals surface area contributed by atoms with Crippen LogP contribution in [-0.2, 0) is 15.8 Å². The van der Waals surface area contributed by atoms with Crippen LogP contribution in [0.3, 0.4) is 0 Å². The topological polar surface area (TPSA) is 55.4 Å². The molecule has 24 heavy (non-hydrogen) atoms. The number of ether oxygens (including phenoxy) is 1. The van der Waals surface area contributed by atoms with E-state index in [0.29, 0.717) is 12.3 Å². The first-order valence-electron chi connectivity index (χ1n) is 7.39. The Hall–Kier alpha value is -0.770. The predicted octanol–water partition coefficient (Wildman–Crippen LogP) is 3.82. The molecular weight excluding hydrogens is 457 g/mol. The minimum absolute atomic E-state index is 0.261. The van der Waals surface area contributed by atoms with Gasteiger partial charge in [0, 0.05) is 18.1 Å². The summed E-state index contributed by atoms with van der Waals surface area (Å²) in [6, 6.07) is 13.2. The molecular formula is C17H20INO3S2. The summed E-state index contributed by atoms with van der Waals surface area (Å²) in [6.45, 7) is 2.47. The molecule has 0 aliphatic carbocycles. The molecule has 0 radical (unpaired) electrons. The second kappa shape index (κ2) is 9.07. The highest BCUT2D eigenvalue weighted by atomic mass is 127. The minimum atomic E-state index is -3.48. The van der Waals surface area contributed by atoms with Crippen molar-refractivity contribution in [2.45, 2.75) is 17.6 Å². The van der Waals surface area contributed by atoms with E-state index in [4.69, 9.17) is 4.74 Å². The zero-order chi connectivity index (χ0) is 17.6. The molecule has 1 N–H and O–H groups in total. The molecule has 2 aromatic carbocycles. The van der Waals surface area contributed by atoms with Gasteiger partial charge in [-0.1, -0.05) is 29.8 Å². The van der Waals surface area contributed by atoms with Crippen LogP contribution in [0, 0.1) is 10.5 Å². The third kappa shape index (κ3) is 5.65. The zero-order valence-corrected chi connectivity index (χ0v) is 17.4. The quantitative estimate of drug-likeness (QED) is 0.464. The van der Waals surface area contributed by atoms with Gasteiger partial charge in [-0.25, -0.2) is 13.1 Å². The third-order valence-electron chi connectivity index (χ3n) is 3.32. The van der Waals surface area contributed by atoms with Crippen LogP contribution in [0.1, 0.15) is 11.1 Å². The fraction of sp³-hybridized carbons (Fsp3) is 0.294. The maximum atomic E-state index is 12.3. The van der Waals surface area contributed by atoms with E-state index in [1.54, 1.807) is 37.1 Å². The molecule has 130 valence electrons. The molecule has 7 heteroatoms. The van der Waals surface area contributed by atoms with Crippen molar-refractivity contribution < 1.29 is 13.2 Å². The lowest BCUT2D eigenvalue weighted by Gasteiger charge is -2.09. The standard InChI is InChI=1S/C17H20INO3S2/c1-13-4-3-5-14(10-13)12-23-9-8-19-24(20,21)15-6-7-17(22-2)16(18)11-15/h3-7,10-11,19H,8-9,12H2,1-2H3. The van der Waals surface area contributed by atoms with Crippen molar-refractivity contribution in [1.82, 2.24) is 4.72 Å². The van der Waals surface area contributed by atoms with Crippen LogP contribution in [0.4, 0.5) is 0 Å². The Balaban J connectivity index is 1.83. The maximum Gasteiger partial charge on any atom is 0.240 e. The lowest BCUT2D eigenvalue weighted by Crippen LogP contribution is -2.26. The van der Waals surface area contributed by atoms with Crippen LogP contribution < -0.4 is 9.46 Å². The molecule has 0 bridgehead atoms. The first kappa shape index (κ1) is 19.6. The molecule has 0 amide bonds. The highest BCUT2D eigenvalue weighted by Crippen LogP contribution is 2.23. The van der Waals surface area contributed by atoms with Gasteiger partial charge in [0.1, 0.15) is 5.75 Å². The normalized spacial score (nSPS) is 11.5. The van der Waals surface area contributed by atoms with E-state index in [1.807, 2.05) is 6.07 Å². The Bertz CT molecular complexity index is 794. The molecule has 0 unspecified atom stereocenters. The molecule has 0 saturated carbocycles. The van der Waals surface area contributed by atoms with Crippen LogP contribution >= 0.6 is 34.4 Å². The van der Waals surface area contributed by atoms with Gasteiger partial charge in [-0.3, -0.25) is 0 Å². The van der Waals surface area contributed by atoms with E-state index in [0.717, 1.165) is 15.1 Å². The average Bonchev–Trinajstić information content (AvgIpc) is 2.54. The summed E-state index contributed by atoms with van der Waals surface area (Å²) in [5, 5.41) is 0. The van der Waals surface area contributed by atoms with Crippen molar-refractivity contribution in [3.05, 3.63) is 57.2 Å². The molecule has 2 rings (SSSR count). The highest BCUT2D eigenvalue weighted by Gasteiger charge is 2.15. The van der Waals surface area contributed by atoms with Gasteiger partial charge in [0.05, 0.1) is 15.6 Å². The van der Waals surface area contributed by atoms with Gasteiger partial charge in [-0.15, -0.1) is 0 Å². The summed E-state index contributed by atoms with van der Waals surface area (Å²) < 4.78 is 33.2. The van der Waals surface area contributed by atoms with E-state index in [1.165, 1.54) is 11.1 Å². The van der Waals surface area contributed by atoms with Gasteiger partial charge in [0.15, 0.2) is 0 Å². The molecule has 0 heterocycles. The lowest BCUT2D eigenvalue weighted by atomic mass is 10.2. The number of rotatable bonds is 8. The van der Waals surface area contributed by atoms with Gasteiger partial charge in [0.25, 0.3) is 0 Å². The zero-order valence-electron chi connectivity index (χ0n) is 13.6. The number of benzene rings is 2. The fourth-order valence-corrected chi connectivity index (χ4v) is 5.08. The fourth-order valence-electron chi connectivity index (χ4n) is 2.14. The summed E-state index contributed by atoms with van der Waals surface area (Å²) >= 11 is 3.78. The van der Waals surface area contributed by atoms with Crippen LogP contribution in [0.2, 0.25) is 0 Å². The Morgan fingerprint density at radius 3 is 2.67 bits per heavy atom. The second-order valence-corrected chi connectivity index (χ2v) is 9.27. The smallest absolute Gasteiger partial charge is 0.240 e. The second-order valence-electron chi connectivity index (χ2n) is 5.24. The SMILES string of the molecule is COc1ccc(S(=O)(=O)NCCSCc2cccc(C)c2)cc1I. The van der Waals surface area contributed by atoms with Crippen molar-refractivity contribution in [3.8, 4) is 5.75 Å². The number of thioether (sulfide) groups is 1. The summed E-state index contributed by atoms with van der Waals surface area (Å²) in [7, 11) is -1.92. The number of methoxy groups -OCH3 is 1. The van der Waals surface area contributed by atoms with Gasteiger partial charge in [-0.05, 0) is 53.3 Å². The monoisotopic (exact) mass is 477 g/mol. The highest BCUT2D eigenvalue weighted by molar-refractivity contribution is 14.1. The molecule has 0 atom stereocenters. The maximum absolute atomic E-state index is 12.3. The third-order valence-corrected chi connectivity index (χ3v) is 6.66. The van der Waals surface area contributed by atoms with Gasteiger partial charge in [0.2, 0.25) is 10.0 Å². The number of hydrogen-bond acceptors (Lipinski definition) is 4. The number of nitrogens with one attached hydrogen (secondary N) is 1. The van der Waals surface area contributed by atoms with E-state index in [9.17, 15) is 8.42 Å². The molecule has 0 aliphatic rings. The van der Waals surface area contributed by atoms with Crippen LogP contribution in [0.15, 0.2) is 47.4 Å². The van der Waals surface area contributed by atoms with Crippen molar-refractivity contribution in [2.75, 3.05) is 19.4 Å². The summed E-state index contributed by atoms with van der Waals surface area (Å²) in [5.74, 6) is 2.27. The first-order valence-corrected chi connectivity index (χ1v) is 11.1. The summed E-state index contributed by atoms with van der Waals surface area (Å²) in [5.41, 5.74) is 2.50. The Kier molecular flexibility index (Phi) is 7.39. The van der Waals surface area contributed by atoms with Crippen molar-refractivity contribution >= 4 is 44.4 Å². The Morgan fingerprint density at radius 2 is 2.00 bits per heavy atom. The lowest BCUT2D eigenvalue weighted by molar-refractivity contribution is 0.411. The Morgan fingerprint density at radius 1 is 1.21 bits per heavy atom. The van der Waals surface area contributed by atoms with Crippen molar-refractivity contribution in [3.63, 3.8) is 0 Å². The average molecular weight is 477 g/mol. The van der Waals surface area contributed by atoms with Crippen molar-refractivity contribution in [1.29, 1.82) is 0 Å². The van der Waals surface area contributed by atoms with Crippen LogP contribution in [-0.4, -0.2) is 27.8 Å². The van der Waals surface area contributed by atoms with Gasteiger partial charge < -0.3 is 4.74 Å². The summed E-state index contributed by atoms with van der Waals surface area (Å²) in [6.07, 6.45) is 0. The van der Waals surface area contributed by atoms with Crippen LogP contribution in [0.5, 0.6) is 5.75 Å². The molecule has 0 aromatic heterocycles. The van der Waals surface area contributed by atoms with Gasteiger partial charge in [-0.2, -0.15) is 11.8 Å². The predicted molar refractivity (Wildman–Crippen MR) is 108 cm³/mol. The van der Waals surface area contributed by atoms with Crippen molar-refractivity contribution in [2.24, 2.45) is 0 Å². The van der Waals surface area contributed by atoms with Gasteiger partial charge >= 0.3 is 0 Å². The molecule has 0 spiro atoms. The molecule has 2 aromatic rings. The van der Waals surface area contributed by atoms with E-state index in [-0.39, 0.29) is 4.90 Å². The van der Waals surface area contributed by atoms with E-state index in [2.05, 4.69) is 52.4 Å². The molecule has 0 saturated heterocycles. The molecule has 0 aliphatic heterocycles. The number of aryl methyl sites for hydroxylation is 1. The number of hydrogen-bond donors (Lipinski definition) is 1. The number of halogens is 1. The number of sulfonamides is 1. The Labute approximate surface area is 161 Å². The van der Waals surface area contributed by atoms with E-state index >= 15 is 0 Å². The molecule has 4 nitrogen and oxygen atoms in total. The summed E-state index contributed by atoms with van der Waals surface area (Å²) in [4.78, 5) is 0.261.